The molecule has 2 fully saturated rings. The molecule has 3 rings (SSSR count). The van der Waals surface area contributed by atoms with Crippen molar-refractivity contribution in [3.63, 3.8) is 0 Å². The number of amides is 1. The summed E-state index contributed by atoms with van der Waals surface area (Å²) in [5.41, 5.74) is 2.11. The third kappa shape index (κ3) is 3.50. The predicted octanol–water partition coefficient (Wildman–Crippen LogP) is 5.13. The maximum absolute atomic E-state index is 12.6. The van der Waals surface area contributed by atoms with E-state index in [4.69, 9.17) is 0 Å². The average molecular weight is 350 g/mol. The molecule has 0 aromatic heterocycles. The molecule has 2 aliphatic carbocycles. The van der Waals surface area contributed by atoms with Crippen LogP contribution in [0.2, 0.25) is 0 Å². The van der Waals surface area contributed by atoms with E-state index in [-0.39, 0.29) is 11.8 Å². The fourth-order valence-corrected chi connectivity index (χ4v) is 4.59. The molecule has 2 saturated carbocycles. The fourth-order valence-electron chi connectivity index (χ4n) is 4.11. The molecule has 3 heteroatoms. The number of alkyl halides is 1. The molecular weight excluding hydrogens is 326 g/mol. The maximum Gasteiger partial charge on any atom is 0.227 e. The minimum Gasteiger partial charge on any atom is -0.326 e. The average Bonchev–Trinajstić information content (AvgIpc) is 2.55. The van der Waals surface area contributed by atoms with E-state index in [1.165, 1.54) is 32.1 Å². The first-order chi connectivity index (χ1) is 10.3. The topological polar surface area (TPSA) is 29.1 Å². The van der Waals surface area contributed by atoms with Crippen molar-refractivity contribution in [2.75, 3.05) is 5.32 Å². The van der Waals surface area contributed by atoms with Gasteiger partial charge in [-0.05, 0) is 42.7 Å². The van der Waals surface area contributed by atoms with E-state index in [2.05, 4.69) is 27.3 Å². The number of carbonyl (C=O) groups excluding carboxylic acids is 1. The Kier molecular flexibility index (Phi) is 4.99. The number of hydrogen-bond donors (Lipinski definition) is 1. The van der Waals surface area contributed by atoms with Crippen LogP contribution >= 0.6 is 15.9 Å². The number of hydrogen-bond acceptors (Lipinski definition) is 1. The minimum atomic E-state index is 0.215. The van der Waals surface area contributed by atoms with Crippen LogP contribution in [0.5, 0.6) is 0 Å². The molecule has 21 heavy (non-hydrogen) atoms. The van der Waals surface area contributed by atoms with Crippen LogP contribution in [0.25, 0.3) is 0 Å². The molecule has 1 aromatic rings. The second-order valence-corrected chi connectivity index (χ2v) is 7.16. The van der Waals surface area contributed by atoms with Crippen molar-refractivity contribution >= 4 is 27.5 Å². The second kappa shape index (κ2) is 6.95. The van der Waals surface area contributed by atoms with Crippen LogP contribution in [0.3, 0.4) is 0 Å². The van der Waals surface area contributed by atoms with E-state index >= 15 is 0 Å². The van der Waals surface area contributed by atoms with Crippen molar-refractivity contribution < 1.29 is 4.79 Å². The Morgan fingerprint density at radius 1 is 1.10 bits per heavy atom. The van der Waals surface area contributed by atoms with Gasteiger partial charge in [-0.25, -0.2) is 0 Å². The van der Waals surface area contributed by atoms with Gasteiger partial charge in [0.1, 0.15) is 0 Å². The van der Waals surface area contributed by atoms with Gasteiger partial charge in [-0.3, -0.25) is 4.79 Å². The molecule has 0 radical (unpaired) electrons. The first-order valence-corrected chi connectivity index (χ1v) is 9.35. The first-order valence-electron chi connectivity index (χ1n) is 8.22. The molecule has 1 aromatic carbocycles. The molecule has 2 nitrogen and oxygen atoms in total. The van der Waals surface area contributed by atoms with Crippen LogP contribution in [0.15, 0.2) is 24.3 Å². The third-order valence-electron chi connectivity index (χ3n) is 5.33. The van der Waals surface area contributed by atoms with Crippen molar-refractivity contribution in [2.24, 2.45) is 17.8 Å². The van der Waals surface area contributed by atoms with Gasteiger partial charge in [0, 0.05) is 16.9 Å². The fraction of sp³-hybridized carbons (Fsp3) is 0.611. The summed E-state index contributed by atoms with van der Waals surface area (Å²) in [6.45, 7) is 0. The zero-order valence-corrected chi connectivity index (χ0v) is 14.1. The van der Waals surface area contributed by atoms with Crippen molar-refractivity contribution in [2.45, 2.75) is 50.3 Å². The van der Waals surface area contributed by atoms with Crippen LogP contribution < -0.4 is 5.32 Å². The van der Waals surface area contributed by atoms with Gasteiger partial charge < -0.3 is 5.32 Å². The summed E-state index contributed by atoms with van der Waals surface area (Å²) in [4.78, 5) is 12.6. The lowest BCUT2D eigenvalue weighted by Gasteiger charge is -2.38. The molecule has 114 valence electrons. The molecular formula is C18H24BrNO. The third-order valence-corrected chi connectivity index (χ3v) is 5.93. The lowest BCUT2D eigenvalue weighted by molar-refractivity contribution is -0.122. The summed E-state index contributed by atoms with van der Waals surface area (Å²) < 4.78 is 0. The summed E-state index contributed by atoms with van der Waals surface area (Å²) in [6, 6.07) is 8.06. The Morgan fingerprint density at radius 2 is 1.86 bits per heavy atom. The highest BCUT2D eigenvalue weighted by molar-refractivity contribution is 9.08. The minimum absolute atomic E-state index is 0.215. The van der Waals surface area contributed by atoms with E-state index in [9.17, 15) is 4.79 Å². The number of fused-ring (bicyclic) bond motifs is 1. The first kappa shape index (κ1) is 15.1. The summed E-state index contributed by atoms with van der Waals surface area (Å²) in [7, 11) is 0. The van der Waals surface area contributed by atoms with E-state index in [1.54, 1.807) is 0 Å². The molecule has 1 N–H and O–H groups in total. The Hall–Kier alpha value is -0.830. The highest BCUT2D eigenvalue weighted by Crippen LogP contribution is 2.43. The number of para-hydroxylation sites is 1. The Morgan fingerprint density at radius 3 is 2.67 bits per heavy atom. The molecule has 0 aliphatic heterocycles. The van der Waals surface area contributed by atoms with E-state index in [0.29, 0.717) is 0 Å². The van der Waals surface area contributed by atoms with E-state index in [1.807, 2.05) is 18.2 Å². The summed E-state index contributed by atoms with van der Waals surface area (Å²) in [6.07, 6.45) is 8.93. The zero-order chi connectivity index (χ0) is 14.7. The SMILES string of the molecule is O=C(Nc1ccccc1CBr)C1CCC2CCCCC2C1. The molecule has 0 bridgehead atoms. The number of carbonyl (C=O) groups is 1. The Labute approximate surface area is 135 Å². The van der Waals surface area contributed by atoms with Crippen LogP contribution in [0.1, 0.15) is 50.5 Å². The molecule has 0 saturated heterocycles. The van der Waals surface area contributed by atoms with Gasteiger partial charge in [-0.1, -0.05) is 59.8 Å². The van der Waals surface area contributed by atoms with Crippen molar-refractivity contribution in [1.82, 2.24) is 0 Å². The number of benzene rings is 1. The molecule has 0 spiro atoms. The van der Waals surface area contributed by atoms with Crippen LogP contribution in [0, 0.1) is 17.8 Å². The van der Waals surface area contributed by atoms with Crippen LogP contribution in [-0.4, -0.2) is 5.91 Å². The summed E-state index contributed by atoms with van der Waals surface area (Å²) in [5, 5.41) is 3.93. The van der Waals surface area contributed by atoms with Gasteiger partial charge in [-0.15, -0.1) is 0 Å². The molecule has 2 aliphatic rings. The standard InChI is InChI=1S/C18H24BrNO/c19-12-16-7-3-4-8-17(16)20-18(21)15-10-9-13-5-1-2-6-14(13)11-15/h3-4,7-8,13-15H,1-2,5-6,9-12H2,(H,20,21). The zero-order valence-electron chi connectivity index (χ0n) is 12.5. The quantitative estimate of drug-likeness (QED) is 0.753. The number of rotatable bonds is 3. The van der Waals surface area contributed by atoms with Crippen LogP contribution in [0.4, 0.5) is 5.69 Å². The number of nitrogens with one attached hydrogen (secondary N) is 1. The highest BCUT2D eigenvalue weighted by Gasteiger charge is 2.35. The van der Waals surface area contributed by atoms with Gasteiger partial charge in [-0.2, -0.15) is 0 Å². The van der Waals surface area contributed by atoms with Crippen molar-refractivity contribution in [1.29, 1.82) is 0 Å². The highest BCUT2D eigenvalue weighted by atomic mass is 79.9. The lowest BCUT2D eigenvalue weighted by atomic mass is 9.67. The lowest BCUT2D eigenvalue weighted by Crippen LogP contribution is -2.34. The van der Waals surface area contributed by atoms with Gasteiger partial charge >= 0.3 is 0 Å². The number of anilines is 1. The summed E-state index contributed by atoms with van der Waals surface area (Å²) in [5.74, 6) is 2.15. The molecule has 0 heterocycles. The van der Waals surface area contributed by atoms with E-state index < -0.39 is 0 Å². The van der Waals surface area contributed by atoms with Crippen molar-refractivity contribution in [3.05, 3.63) is 29.8 Å². The second-order valence-electron chi connectivity index (χ2n) is 6.59. The van der Waals surface area contributed by atoms with Gasteiger partial charge in [0.25, 0.3) is 0 Å². The van der Waals surface area contributed by atoms with Crippen LogP contribution in [-0.2, 0) is 10.1 Å². The normalized spacial score (nSPS) is 28.7. The Bertz CT molecular complexity index is 502. The van der Waals surface area contributed by atoms with Crippen molar-refractivity contribution in [3.8, 4) is 0 Å². The molecule has 1 amide bonds. The largest absolute Gasteiger partial charge is 0.326 e. The van der Waals surface area contributed by atoms with E-state index in [0.717, 1.165) is 41.3 Å². The predicted molar refractivity (Wildman–Crippen MR) is 90.5 cm³/mol. The number of halogens is 1. The molecule has 3 unspecified atom stereocenters. The molecule has 3 atom stereocenters. The summed E-state index contributed by atoms with van der Waals surface area (Å²) >= 11 is 3.49. The maximum atomic E-state index is 12.6. The smallest absolute Gasteiger partial charge is 0.227 e. The van der Waals surface area contributed by atoms with Gasteiger partial charge in [0.05, 0.1) is 0 Å². The van der Waals surface area contributed by atoms with Gasteiger partial charge in [0.15, 0.2) is 0 Å². The Balaban J connectivity index is 1.63. The van der Waals surface area contributed by atoms with Gasteiger partial charge in [0.2, 0.25) is 5.91 Å². The monoisotopic (exact) mass is 349 g/mol.